The number of aliphatic hydroxyl groups is 1. The minimum atomic E-state index is -0.659. The fourth-order valence-electron chi connectivity index (χ4n) is 6.87. The number of esters is 1. The van der Waals surface area contributed by atoms with Gasteiger partial charge in [-0.15, -0.1) is 0 Å². The van der Waals surface area contributed by atoms with Gasteiger partial charge in [0.25, 0.3) is 5.56 Å². The second kappa shape index (κ2) is 11.4. The minimum absolute atomic E-state index is 0. The zero-order chi connectivity index (χ0) is 27.2. The van der Waals surface area contributed by atoms with E-state index in [-0.39, 0.29) is 46.9 Å². The first kappa shape index (κ1) is 29.2. The Morgan fingerprint density at radius 2 is 1.77 bits per heavy atom. The number of halogens is 1. The van der Waals surface area contributed by atoms with Crippen molar-refractivity contribution in [3.05, 3.63) is 63.1 Å². The molecule has 3 aromatic rings. The molecule has 1 aromatic carbocycles. The summed E-state index contributed by atoms with van der Waals surface area (Å²) < 4.78 is 11.3. The van der Waals surface area contributed by atoms with Crippen molar-refractivity contribution < 1.29 is 36.1 Å². The van der Waals surface area contributed by atoms with Crippen molar-refractivity contribution in [1.29, 1.82) is 0 Å². The molecular formula is C28H38BrN5O5. The van der Waals surface area contributed by atoms with Gasteiger partial charge in [0, 0.05) is 52.7 Å². The van der Waals surface area contributed by atoms with Gasteiger partial charge in [-0.2, -0.15) is 0 Å². The normalized spacial score (nSPS) is 25.7. The zero-order valence-corrected chi connectivity index (χ0v) is 24.6. The standard InChI is InChI=1S/C28H38N5O5.BrH/c1-18(12-13-32-17-29-25-24(32)26(35)31(3)28(37)30(25)2)33(4)20-10-11-21(33)15-22(14-20)38-27(36)23(16-34)19-8-6-5-7-9-19;/h5-9,17-18,20-23,34H,10-16H2,1-4H3;1H/q+1;/p-1. The van der Waals surface area contributed by atoms with Gasteiger partial charge in [-0.05, 0) is 12.5 Å². The van der Waals surface area contributed by atoms with Crippen molar-refractivity contribution in [2.75, 3.05) is 13.7 Å². The van der Waals surface area contributed by atoms with E-state index in [0.717, 1.165) is 46.7 Å². The number of quaternary nitrogens is 1. The van der Waals surface area contributed by atoms with Crippen molar-refractivity contribution in [2.45, 2.75) is 75.7 Å². The Labute approximate surface area is 238 Å². The molecule has 4 unspecified atom stereocenters. The molecule has 0 amide bonds. The molecule has 0 spiro atoms. The number of benzene rings is 1. The molecule has 2 saturated heterocycles. The summed E-state index contributed by atoms with van der Waals surface area (Å²) >= 11 is 0. The molecule has 39 heavy (non-hydrogen) atoms. The van der Waals surface area contributed by atoms with E-state index >= 15 is 0 Å². The molecule has 2 bridgehead atoms. The molecule has 4 atom stereocenters. The van der Waals surface area contributed by atoms with Crippen LogP contribution in [0.3, 0.4) is 0 Å². The molecule has 5 rings (SSSR count). The van der Waals surface area contributed by atoms with Gasteiger partial charge >= 0.3 is 11.7 Å². The summed E-state index contributed by atoms with van der Waals surface area (Å²) in [5, 5.41) is 9.87. The fourth-order valence-corrected chi connectivity index (χ4v) is 6.87. The lowest BCUT2D eigenvalue weighted by Crippen LogP contribution is -3.00. The highest BCUT2D eigenvalue weighted by atomic mass is 79.9. The lowest BCUT2D eigenvalue weighted by molar-refractivity contribution is -0.970. The molecule has 0 radical (unpaired) electrons. The number of imidazole rings is 1. The number of hydrogen-bond acceptors (Lipinski definition) is 6. The Kier molecular flexibility index (Phi) is 8.53. The molecule has 0 saturated carbocycles. The Hall–Kier alpha value is -2.76. The van der Waals surface area contributed by atoms with Crippen molar-refractivity contribution >= 4 is 17.1 Å². The highest BCUT2D eigenvalue weighted by molar-refractivity contribution is 5.78. The summed E-state index contributed by atoms with van der Waals surface area (Å²) in [6.45, 7) is 2.63. The third-order valence-corrected chi connectivity index (χ3v) is 9.38. The van der Waals surface area contributed by atoms with Crippen LogP contribution in [0.25, 0.3) is 11.2 Å². The van der Waals surface area contributed by atoms with Gasteiger partial charge in [0.05, 0.1) is 38.1 Å². The summed E-state index contributed by atoms with van der Waals surface area (Å²) in [4.78, 5) is 42.4. The van der Waals surface area contributed by atoms with Crippen LogP contribution >= 0.6 is 0 Å². The largest absolute Gasteiger partial charge is 1.00 e. The van der Waals surface area contributed by atoms with Crippen molar-refractivity contribution in [1.82, 2.24) is 18.7 Å². The second-order valence-corrected chi connectivity index (χ2v) is 11.2. The summed E-state index contributed by atoms with van der Waals surface area (Å²) in [5.74, 6) is -1.01. The van der Waals surface area contributed by atoms with Crippen molar-refractivity contribution in [2.24, 2.45) is 14.1 Å². The van der Waals surface area contributed by atoms with Crippen LogP contribution in [0.2, 0.25) is 0 Å². The average molecular weight is 605 g/mol. The molecule has 2 aliphatic heterocycles. The molecule has 2 fully saturated rings. The van der Waals surface area contributed by atoms with Crippen LogP contribution in [0.15, 0.2) is 46.2 Å². The van der Waals surface area contributed by atoms with Gasteiger partial charge in [-0.3, -0.25) is 18.7 Å². The first-order chi connectivity index (χ1) is 18.2. The zero-order valence-electron chi connectivity index (χ0n) is 23.0. The number of aryl methyl sites for hydroxylation is 2. The van der Waals surface area contributed by atoms with E-state index in [2.05, 4.69) is 19.0 Å². The Morgan fingerprint density at radius 3 is 2.38 bits per heavy atom. The van der Waals surface area contributed by atoms with Crippen molar-refractivity contribution in [3.8, 4) is 0 Å². The topological polar surface area (TPSA) is 108 Å². The highest BCUT2D eigenvalue weighted by Gasteiger charge is 2.54. The first-order valence-corrected chi connectivity index (χ1v) is 13.5. The van der Waals surface area contributed by atoms with Crippen LogP contribution in [0.4, 0.5) is 0 Å². The molecule has 11 heteroatoms. The number of nitrogens with zero attached hydrogens (tertiary/aromatic N) is 5. The van der Waals surface area contributed by atoms with E-state index in [1.165, 1.54) is 11.6 Å². The minimum Gasteiger partial charge on any atom is -1.00 e. The summed E-state index contributed by atoms with van der Waals surface area (Å²) in [7, 11) is 5.45. The first-order valence-electron chi connectivity index (χ1n) is 13.5. The van der Waals surface area contributed by atoms with E-state index in [4.69, 9.17) is 4.74 Å². The maximum absolute atomic E-state index is 13.0. The summed E-state index contributed by atoms with van der Waals surface area (Å²) in [6.07, 6.45) is 6.18. The number of hydrogen-bond donors (Lipinski definition) is 1. The van der Waals surface area contributed by atoms with Crippen molar-refractivity contribution in [3.63, 3.8) is 0 Å². The molecule has 0 aliphatic carbocycles. The van der Waals surface area contributed by atoms with E-state index in [1.54, 1.807) is 13.4 Å². The van der Waals surface area contributed by atoms with Gasteiger partial charge in [0.15, 0.2) is 11.2 Å². The Bertz CT molecular complexity index is 1430. The predicted octanol–water partition coefficient (Wildman–Crippen LogP) is -1.32. The fraction of sp³-hybridized carbons (Fsp3) is 0.571. The summed E-state index contributed by atoms with van der Waals surface area (Å²) in [5.41, 5.74) is 0.928. The lowest BCUT2D eigenvalue weighted by Gasteiger charge is -2.50. The maximum atomic E-state index is 13.0. The van der Waals surface area contributed by atoms with Crippen LogP contribution < -0.4 is 28.2 Å². The lowest BCUT2D eigenvalue weighted by atomic mass is 9.93. The maximum Gasteiger partial charge on any atom is 0.332 e. The summed E-state index contributed by atoms with van der Waals surface area (Å²) in [6, 6.07) is 10.4. The number of rotatable bonds is 8. The Morgan fingerprint density at radius 1 is 1.13 bits per heavy atom. The van der Waals surface area contributed by atoms with Gasteiger partial charge in [0.2, 0.25) is 0 Å². The van der Waals surface area contributed by atoms with Crippen LogP contribution in [0, 0.1) is 0 Å². The van der Waals surface area contributed by atoms with E-state index in [0.29, 0.717) is 35.8 Å². The third kappa shape index (κ3) is 5.00. The predicted molar refractivity (Wildman–Crippen MR) is 143 cm³/mol. The number of fused-ring (bicyclic) bond motifs is 3. The van der Waals surface area contributed by atoms with Gasteiger partial charge < -0.3 is 35.9 Å². The average Bonchev–Trinajstić information content (AvgIpc) is 3.39. The quantitative estimate of drug-likeness (QED) is 0.253. The number of ether oxygens (including phenoxy) is 1. The van der Waals surface area contributed by atoms with Crippen LogP contribution in [0.1, 0.15) is 50.5 Å². The van der Waals surface area contributed by atoms with Gasteiger partial charge in [0.1, 0.15) is 12.0 Å². The van der Waals surface area contributed by atoms with E-state index in [9.17, 15) is 19.5 Å². The van der Waals surface area contributed by atoms with Gasteiger partial charge in [-0.1, -0.05) is 30.3 Å². The van der Waals surface area contributed by atoms with Crippen LogP contribution in [0.5, 0.6) is 0 Å². The third-order valence-electron chi connectivity index (χ3n) is 9.38. The number of aromatic nitrogens is 4. The van der Waals surface area contributed by atoms with Gasteiger partial charge in [-0.25, -0.2) is 9.78 Å². The monoisotopic (exact) mass is 603 g/mol. The van der Waals surface area contributed by atoms with E-state index < -0.39 is 5.92 Å². The molecule has 212 valence electrons. The molecule has 2 aromatic heterocycles. The van der Waals surface area contributed by atoms with E-state index in [1.807, 2.05) is 34.9 Å². The SMILES string of the molecule is CC(CCn1cnc2c1c(=O)n(C)c(=O)n2C)[N+]1(C)C2CCC1CC(OC(=O)C(CO)c1ccccc1)C2.[Br-]. The second-order valence-electron chi connectivity index (χ2n) is 11.2. The molecule has 10 nitrogen and oxygen atoms in total. The number of aliphatic hydroxyl groups excluding tert-OH is 1. The number of piperidine rings is 1. The molecular weight excluding hydrogens is 566 g/mol. The number of carbonyl (C=O) groups excluding carboxylic acids is 1. The van der Waals surface area contributed by atoms with Crippen LogP contribution in [-0.4, -0.2) is 72.1 Å². The molecule has 4 heterocycles. The smallest absolute Gasteiger partial charge is 0.332 e. The van der Waals surface area contributed by atoms with Crippen LogP contribution in [-0.2, 0) is 30.2 Å². The Balaban J connectivity index is 0.00000353. The molecule has 2 aliphatic rings. The highest BCUT2D eigenvalue weighted by Crippen LogP contribution is 2.45. The molecule has 1 N–H and O–H groups in total. The number of carbonyl (C=O) groups is 1.